The molecule has 1 N–H and O–H groups in total. The summed E-state index contributed by atoms with van der Waals surface area (Å²) in [4.78, 5) is 10.9. The maximum absolute atomic E-state index is 10.9. The van der Waals surface area contributed by atoms with Crippen LogP contribution in [0.15, 0.2) is 12.7 Å². The third kappa shape index (κ3) is 9.95. The van der Waals surface area contributed by atoms with Gasteiger partial charge in [-0.2, -0.15) is 0 Å². The highest BCUT2D eigenvalue weighted by Gasteiger charge is 2.12. The van der Waals surface area contributed by atoms with Crippen molar-refractivity contribution in [1.29, 1.82) is 0 Å². The van der Waals surface area contributed by atoms with Gasteiger partial charge in [-0.05, 0) is 6.92 Å². The lowest BCUT2D eigenvalue weighted by molar-refractivity contribution is -0.185. The number of esters is 1. The molecule has 1 unspecified atom stereocenters. The van der Waals surface area contributed by atoms with Gasteiger partial charge in [0.15, 0.2) is 0 Å². The molecule has 0 aliphatic carbocycles. The molecular weight excluding hydrogens is 228 g/mol. The Morgan fingerprint density at radius 2 is 2.06 bits per heavy atom. The minimum atomic E-state index is -0.733. The molecule has 0 heterocycles. The Morgan fingerprint density at radius 1 is 1.35 bits per heavy atom. The highest BCUT2D eigenvalue weighted by atomic mass is 16.7. The number of carbonyl (C=O) groups is 1. The summed E-state index contributed by atoms with van der Waals surface area (Å²) in [6, 6.07) is 0. The fourth-order valence-electron chi connectivity index (χ4n) is 0.944. The first kappa shape index (κ1) is 16.1. The van der Waals surface area contributed by atoms with Crippen LogP contribution in [0.2, 0.25) is 0 Å². The zero-order valence-corrected chi connectivity index (χ0v) is 10.1. The Kier molecular flexibility index (Phi) is 10.9. The molecule has 0 bridgehead atoms. The van der Waals surface area contributed by atoms with Crippen LogP contribution in [0.1, 0.15) is 6.92 Å². The fourth-order valence-corrected chi connectivity index (χ4v) is 0.944. The largest absolute Gasteiger partial charge is 0.430 e. The number of carbonyl (C=O) groups excluding carboxylic acids is 1. The minimum Gasteiger partial charge on any atom is -0.430 e. The summed E-state index contributed by atoms with van der Waals surface area (Å²) < 4.78 is 20.2. The van der Waals surface area contributed by atoms with Crippen LogP contribution in [0.3, 0.4) is 0 Å². The first-order valence-electron chi connectivity index (χ1n) is 5.45. The van der Waals surface area contributed by atoms with Gasteiger partial charge in [-0.1, -0.05) is 6.58 Å². The van der Waals surface area contributed by atoms with Crippen molar-refractivity contribution < 1.29 is 28.8 Å². The van der Waals surface area contributed by atoms with Crippen molar-refractivity contribution in [2.45, 2.75) is 13.2 Å². The molecule has 100 valence electrons. The van der Waals surface area contributed by atoms with Crippen LogP contribution in [-0.4, -0.2) is 57.0 Å². The first-order valence-corrected chi connectivity index (χ1v) is 5.45. The quantitative estimate of drug-likeness (QED) is 0.242. The van der Waals surface area contributed by atoms with E-state index >= 15 is 0 Å². The molecule has 0 spiro atoms. The molecule has 17 heavy (non-hydrogen) atoms. The summed E-state index contributed by atoms with van der Waals surface area (Å²) in [6.45, 7) is 6.61. The van der Waals surface area contributed by atoms with Crippen LogP contribution in [-0.2, 0) is 23.7 Å². The lowest BCUT2D eigenvalue weighted by Gasteiger charge is -2.16. The van der Waals surface area contributed by atoms with Crippen LogP contribution < -0.4 is 0 Å². The van der Waals surface area contributed by atoms with E-state index in [9.17, 15) is 4.79 Å². The van der Waals surface area contributed by atoms with Crippen LogP contribution >= 0.6 is 0 Å². The minimum absolute atomic E-state index is 0.0154. The Bertz CT molecular complexity index is 206. The van der Waals surface area contributed by atoms with E-state index in [2.05, 4.69) is 6.58 Å². The molecule has 0 aliphatic heterocycles. The molecule has 0 radical (unpaired) electrons. The molecule has 0 aromatic heterocycles. The third-order valence-corrected chi connectivity index (χ3v) is 1.63. The molecule has 0 aromatic rings. The molecule has 0 saturated carbocycles. The van der Waals surface area contributed by atoms with Crippen molar-refractivity contribution in [3.8, 4) is 0 Å². The second kappa shape index (κ2) is 11.5. The van der Waals surface area contributed by atoms with Crippen LogP contribution in [0.4, 0.5) is 0 Å². The number of ether oxygens (including phenoxy) is 4. The maximum atomic E-state index is 10.9. The zero-order chi connectivity index (χ0) is 12.9. The van der Waals surface area contributed by atoms with E-state index in [1.807, 2.05) is 0 Å². The second-order valence-corrected chi connectivity index (χ2v) is 2.94. The lowest BCUT2D eigenvalue weighted by Crippen LogP contribution is -2.26. The predicted octanol–water partition coefficient (Wildman–Crippen LogP) is 0.104. The van der Waals surface area contributed by atoms with Crippen LogP contribution in [0, 0.1) is 0 Å². The summed E-state index contributed by atoms with van der Waals surface area (Å²) in [7, 11) is 0. The number of hydrogen-bond donors (Lipinski definition) is 1. The summed E-state index contributed by atoms with van der Waals surface area (Å²) in [5.41, 5.74) is 0. The smallest absolute Gasteiger partial charge is 0.332 e. The molecular formula is C11H20O6. The predicted molar refractivity (Wildman–Crippen MR) is 60.4 cm³/mol. The van der Waals surface area contributed by atoms with Gasteiger partial charge in [0.05, 0.1) is 26.4 Å². The lowest BCUT2D eigenvalue weighted by atomic mass is 10.6. The molecule has 0 amide bonds. The van der Waals surface area contributed by atoms with E-state index in [1.165, 1.54) is 0 Å². The van der Waals surface area contributed by atoms with Crippen molar-refractivity contribution in [2.24, 2.45) is 0 Å². The highest BCUT2D eigenvalue weighted by molar-refractivity contribution is 5.81. The Hall–Kier alpha value is -0.950. The standard InChI is InChI=1S/C11H20O6/c1-3-10(13)17-11(16-4-2)9-15-8-7-14-6-5-12/h3,11-12H,1,4-9H2,2H3. The number of aliphatic hydroxyl groups excluding tert-OH is 1. The van der Waals surface area contributed by atoms with Crippen molar-refractivity contribution >= 4 is 5.97 Å². The van der Waals surface area contributed by atoms with Gasteiger partial charge in [-0.15, -0.1) is 0 Å². The fraction of sp³-hybridized carbons (Fsp3) is 0.727. The molecule has 0 saturated heterocycles. The van der Waals surface area contributed by atoms with Gasteiger partial charge < -0.3 is 24.1 Å². The van der Waals surface area contributed by atoms with E-state index in [0.29, 0.717) is 19.8 Å². The van der Waals surface area contributed by atoms with Gasteiger partial charge in [0, 0.05) is 12.7 Å². The average molecular weight is 248 g/mol. The van der Waals surface area contributed by atoms with Gasteiger partial charge in [0.2, 0.25) is 6.29 Å². The van der Waals surface area contributed by atoms with Gasteiger partial charge in [-0.3, -0.25) is 0 Å². The van der Waals surface area contributed by atoms with Gasteiger partial charge in [0.25, 0.3) is 0 Å². The summed E-state index contributed by atoms with van der Waals surface area (Å²) >= 11 is 0. The van der Waals surface area contributed by atoms with E-state index in [0.717, 1.165) is 6.08 Å². The van der Waals surface area contributed by atoms with Crippen LogP contribution in [0.5, 0.6) is 0 Å². The maximum Gasteiger partial charge on any atom is 0.332 e. The van der Waals surface area contributed by atoms with E-state index < -0.39 is 12.3 Å². The van der Waals surface area contributed by atoms with Gasteiger partial charge >= 0.3 is 5.97 Å². The summed E-state index contributed by atoms with van der Waals surface area (Å²) in [5, 5.41) is 8.45. The zero-order valence-electron chi connectivity index (χ0n) is 10.1. The number of rotatable bonds is 11. The molecule has 0 fully saturated rings. The SMILES string of the molecule is C=CC(=O)OC(COCCOCCO)OCC. The van der Waals surface area contributed by atoms with Crippen molar-refractivity contribution in [3.05, 3.63) is 12.7 Å². The van der Waals surface area contributed by atoms with Crippen molar-refractivity contribution in [3.63, 3.8) is 0 Å². The Labute approximate surface area is 101 Å². The number of hydrogen-bond acceptors (Lipinski definition) is 6. The van der Waals surface area contributed by atoms with E-state index in [1.54, 1.807) is 6.92 Å². The van der Waals surface area contributed by atoms with Crippen LogP contribution in [0.25, 0.3) is 0 Å². The van der Waals surface area contributed by atoms with Crippen molar-refractivity contribution in [2.75, 3.05) is 39.6 Å². The number of aliphatic hydroxyl groups is 1. The topological polar surface area (TPSA) is 74.2 Å². The molecule has 0 aromatic carbocycles. The molecule has 0 aliphatic rings. The second-order valence-electron chi connectivity index (χ2n) is 2.94. The van der Waals surface area contributed by atoms with Gasteiger partial charge in [-0.25, -0.2) is 4.79 Å². The monoisotopic (exact) mass is 248 g/mol. The normalized spacial score (nSPS) is 12.1. The first-order chi connectivity index (χ1) is 8.24. The van der Waals surface area contributed by atoms with E-state index in [-0.39, 0.29) is 19.8 Å². The Balaban J connectivity index is 3.62. The Morgan fingerprint density at radius 3 is 2.65 bits per heavy atom. The van der Waals surface area contributed by atoms with Gasteiger partial charge in [0.1, 0.15) is 6.61 Å². The summed E-state index contributed by atoms with van der Waals surface area (Å²) in [5.74, 6) is -0.552. The summed E-state index contributed by atoms with van der Waals surface area (Å²) in [6.07, 6.45) is 0.333. The third-order valence-electron chi connectivity index (χ3n) is 1.63. The van der Waals surface area contributed by atoms with Crippen molar-refractivity contribution in [1.82, 2.24) is 0 Å². The highest BCUT2D eigenvalue weighted by Crippen LogP contribution is 1.97. The molecule has 0 rings (SSSR count). The van der Waals surface area contributed by atoms with E-state index in [4.69, 9.17) is 24.1 Å². The molecule has 1 atom stereocenters. The molecule has 6 nitrogen and oxygen atoms in total. The average Bonchev–Trinajstić information content (AvgIpc) is 2.33. The molecule has 6 heteroatoms.